The van der Waals surface area contributed by atoms with Crippen LogP contribution >= 0.6 is 0 Å². The van der Waals surface area contributed by atoms with Gasteiger partial charge in [0.15, 0.2) is 0 Å². The molecule has 1 aromatic rings. The predicted octanol–water partition coefficient (Wildman–Crippen LogP) is 3.46. The number of aromatic nitrogens is 2. The van der Waals surface area contributed by atoms with E-state index in [0.29, 0.717) is 6.04 Å². The van der Waals surface area contributed by atoms with Crippen molar-refractivity contribution in [2.24, 2.45) is 13.0 Å². The number of nitrogens with zero attached hydrogens (tertiary/aromatic N) is 5. The number of rotatable bonds is 3. The topological polar surface area (TPSA) is 12.1 Å². The van der Waals surface area contributed by atoms with Gasteiger partial charge in [-0.05, 0) is 66.7 Å². The molecule has 5 nitrogen and oxygen atoms in total. The van der Waals surface area contributed by atoms with Gasteiger partial charge in [0.05, 0.1) is 64.4 Å². The monoisotopic (exact) mass is 434 g/mol. The summed E-state index contributed by atoms with van der Waals surface area (Å²) in [5.41, 5.74) is 0. The van der Waals surface area contributed by atoms with Crippen molar-refractivity contribution in [3.8, 4) is 0 Å². The zero-order valence-corrected chi connectivity index (χ0v) is 21.8. The molecule has 0 radical (unpaired) electrons. The fourth-order valence-electron chi connectivity index (χ4n) is 6.10. The molecular weight excluding hydrogens is 382 g/mol. The fraction of sp³-hybridized carbons (Fsp3) is 0.885. The first-order valence-electron chi connectivity index (χ1n) is 13.1. The first-order chi connectivity index (χ1) is 14.7. The molecule has 178 valence electrons. The molecule has 7 heterocycles. The number of hydrogen-bond donors (Lipinski definition) is 0. The van der Waals surface area contributed by atoms with Crippen molar-refractivity contribution in [3.63, 3.8) is 0 Å². The molecule has 0 unspecified atom stereocenters. The molecule has 7 rings (SSSR count). The highest BCUT2D eigenvalue weighted by Crippen LogP contribution is 2.35. The van der Waals surface area contributed by atoms with Crippen molar-refractivity contribution in [1.29, 1.82) is 0 Å². The summed E-state index contributed by atoms with van der Waals surface area (Å²) in [6.45, 7) is 26.5. The molecule has 6 saturated heterocycles. The molecule has 1 aromatic heterocycles. The molecule has 5 heteroatoms. The average molecular weight is 435 g/mol. The van der Waals surface area contributed by atoms with Crippen LogP contribution in [0.1, 0.15) is 66.8 Å². The minimum absolute atomic E-state index is 0.575. The van der Waals surface area contributed by atoms with E-state index in [0.717, 1.165) is 18.0 Å². The first-order valence-corrected chi connectivity index (χ1v) is 13.1. The quantitative estimate of drug-likeness (QED) is 0.524. The molecule has 0 amide bonds. The Morgan fingerprint density at radius 1 is 0.742 bits per heavy atom. The highest BCUT2D eigenvalue weighted by atomic mass is 15.5. The standard InChI is InChI=1S/C10H20N.C9H19N2.C7H13N2/c2*1-9(2)11-6-3-10(4-7-11)5-8-11;1-7(2)9-5-4-8(3)6-9/h9-10H,3-8H2,1-2H3;9H,3-8H2,1-2H3;4-7H,1-3H3/q3*+1. The number of fused-ring (bicyclic) bond motifs is 6. The van der Waals surface area contributed by atoms with Gasteiger partial charge >= 0.3 is 0 Å². The molecule has 4 bridgehead atoms. The molecule has 0 saturated carbocycles. The van der Waals surface area contributed by atoms with Crippen molar-refractivity contribution >= 4 is 0 Å². The summed E-state index contributed by atoms with van der Waals surface area (Å²) in [6, 6.07) is 2.29. The van der Waals surface area contributed by atoms with Crippen molar-refractivity contribution in [1.82, 2.24) is 9.47 Å². The van der Waals surface area contributed by atoms with E-state index < -0.39 is 0 Å². The van der Waals surface area contributed by atoms with Crippen LogP contribution in [0, 0.1) is 5.92 Å². The minimum atomic E-state index is 0.575. The molecular formula is C26H52N5+3. The summed E-state index contributed by atoms with van der Waals surface area (Å²) >= 11 is 0. The molecule has 6 aliphatic heterocycles. The molecule has 6 aliphatic rings. The molecule has 0 spiro atoms. The Bertz CT molecular complexity index is 598. The lowest BCUT2D eigenvalue weighted by atomic mass is 9.84. The Labute approximate surface area is 192 Å². The summed E-state index contributed by atoms with van der Waals surface area (Å²) in [4.78, 5) is 2.60. The van der Waals surface area contributed by atoms with Gasteiger partial charge in [-0.25, -0.2) is 9.13 Å². The Morgan fingerprint density at radius 3 is 1.45 bits per heavy atom. The fourth-order valence-corrected chi connectivity index (χ4v) is 6.10. The van der Waals surface area contributed by atoms with Crippen LogP contribution in [0.15, 0.2) is 18.7 Å². The summed E-state index contributed by atoms with van der Waals surface area (Å²) in [5, 5.41) is 0. The number of piperidine rings is 3. The van der Waals surface area contributed by atoms with Gasteiger partial charge in [-0.15, -0.1) is 0 Å². The Morgan fingerprint density at radius 2 is 1.19 bits per heavy atom. The summed E-state index contributed by atoms with van der Waals surface area (Å²) in [7, 11) is 2.03. The number of imidazole rings is 1. The van der Waals surface area contributed by atoms with Crippen molar-refractivity contribution in [2.45, 2.75) is 78.9 Å². The highest BCUT2D eigenvalue weighted by molar-refractivity contribution is 4.73. The first kappa shape index (κ1) is 24.7. The third-order valence-corrected chi connectivity index (χ3v) is 9.11. The Kier molecular flexibility index (Phi) is 8.26. The van der Waals surface area contributed by atoms with Crippen LogP contribution in [0.2, 0.25) is 0 Å². The maximum absolute atomic E-state index is 2.60. The number of quaternary nitrogens is 2. The van der Waals surface area contributed by atoms with Crippen molar-refractivity contribution < 1.29 is 13.5 Å². The maximum Gasteiger partial charge on any atom is 0.243 e. The van der Waals surface area contributed by atoms with Crippen molar-refractivity contribution in [3.05, 3.63) is 18.7 Å². The van der Waals surface area contributed by atoms with Gasteiger partial charge in [-0.1, -0.05) is 0 Å². The summed E-state index contributed by atoms with van der Waals surface area (Å²) in [6.07, 6.45) is 10.7. The van der Waals surface area contributed by atoms with Crippen LogP contribution in [0.3, 0.4) is 0 Å². The van der Waals surface area contributed by atoms with Gasteiger partial charge in [0.1, 0.15) is 12.4 Å². The van der Waals surface area contributed by atoms with E-state index in [4.69, 9.17) is 0 Å². The second-order valence-electron chi connectivity index (χ2n) is 11.7. The van der Waals surface area contributed by atoms with Gasteiger partial charge in [0.2, 0.25) is 6.33 Å². The van der Waals surface area contributed by atoms with Crippen LogP contribution in [-0.4, -0.2) is 89.4 Å². The molecule has 0 aliphatic carbocycles. The number of aryl methyl sites for hydroxylation is 1. The van der Waals surface area contributed by atoms with E-state index in [1.807, 2.05) is 17.8 Å². The van der Waals surface area contributed by atoms with Crippen LogP contribution in [0.25, 0.3) is 0 Å². The van der Waals surface area contributed by atoms with E-state index in [1.54, 1.807) is 0 Å². The molecule has 6 fully saturated rings. The lowest BCUT2D eigenvalue weighted by Crippen LogP contribution is -2.69. The second-order valence-corrected chi connectivity index (χ2v) is 11.7. The normalized spacial score (nSPS) is 33.9. The number of hydrogen-bond acceptors (Lipinski definition) is 1. The zero-order chi connectivity index (χ0) is 22.6. The van der Waals surface area contributed by atoms with Crippen LogP contribution in [0.5, 0.6) is 0 Å². The maximum atomic E-state index is 2.60. The highest BCUT2D eigenvalue weighted by Gasteiger charge is 2.41. The lowest BCUT2D eigenvalue weighted by molar-refractivity contribution is -0.961. The molecule has 31 heavy (non-hydrogen) atoms. The minimum Gasteiger partial charge on any atom is -0.322 e. The van der Waals surface area contributed by atoms with Crippen LogP contribution in [-0.2, 0) is 7.05 Å². The van der Waals surface area contributed by atoms with Gasteiger partial charge < -0.3 is 8.97 Å². The molecule has 0 atom stereocenters. The summed E-state index contributed by atoms with van der Waals surface area (Å²) in [5.74, 6) is 1.11. The van der Waals surface area contributed by atoms with Crippen molar-refractivity contribution in [2.75, 3.05) is 58.9 Å². The van der Waals surface area contributed by atoms with Gasteiger partial charge in [0.25, 0.3) is 0 Å². The van der Waals surface area contributed by atoms with Gasteiger partial charge in [-0.3, -0.25) is 4.90 Å². The predicted molar refractivity (Wildman–Crippen MR) is 130 cm³/mol. The van der Waals surface area contributed by atoms with E-state index in [1.165, 1.54) is 87.1 Å². The Hall–Kier alpha value is -0.910. The third kappa shape index (κ3) is 5.91. The lowest BCUT2D eigenvalue weighted by Gasteiger charge is -2.53. The molecule has 0 aromatic carbocycles. The molecule has 0 N–H and O–H groups in total. The van der Waals surface area contributed by atoms with Gasteiger partial charge in [-0.2, -0.15) is 0 Å². The summed E-state index contributed by atoms with van der Waals surface area (Å²) < 4.78 is 7.05. The smallest absolute Gasteiger partial charge is 0.243 e. The van der Waals surface area contributed by atoms with Gasteiger partial charge in [0, 0.05) is 19.6 Å². The SMILES string of the molecule is CC(C)[N+]12CCC(CC1)CC2.CC(C)[N+]12CCN(CC1)CC2.CC(C)n1cc[n+](C)c1. The van der Waals surface area contributed by atoms with Crippen LogP contribution in [0.4, 0.5) is 0 Å². The zero-order valence-electron chi connectivity index (χ0n) is 21.8. The van der Waals surface area contributed by atoms with E-state index in [-0.39, 0.29) is 0 Å². The van der Waals surface area contributed by atoms with E-state index in [9.17, 15) is 0 Å². The second kappa shape index (κ2) is 10.4. The van der Waals surface area contributed by atoms with Crippen LogP contribution < -0.4 is 4.57 Å². The van der Waals surface area contributed by atoms with E-state index >= 15 is 0 Å². The largest absolute Gasteiger partial charge is 0.322 e. The third-order valence-electron chi connectivity index (χ3n) is 9.11. The van der Waals surface area contributed by atoms with E-state index in [2.05, 4.69) is 63.5 Å². The number of piperazine rings is 3. The Balaban J connectivity index is 0.000000133. The average Bonchev–Trinajstić information content (AvgIpc) is 3.24.